The van der Waals surface area contributed by atoms with E-state index in [2.05, 4.69) is 50.4 Å². The van der Waals surface area contributed by atoms with Crippen molar-refractivity contribution in [1.82, 2.24) is 5.32 Å². The molecular weight excluding hydrogens is 991 g/mol. The highest BCUT2D eigenvalue weighted by Gasteiger charge is 2.47. The Hall–Kier alpha value is -2.12. The number of esters is 1. The third-order valence-electron chi connectivity index (χ3n) is 16.0. The molecule has 1 amide bonds. The predicted octanol–water partition coefficient (Wildman–Crippen LogP) is 16.6. The van der Waals surface area contributed by atoms with Crippen LogP contribution in [-0.4, -0.2) is 99.6 Å². The van der Waals surface area contributed by atoms with Crippen molar-refractivity contribution in [1.29, 1.82) is 0 Å². The molecule has 1 fully saturated rings. The van der Waals surface area contributed by atoms with Gasteiger partial charge in [0.05, 0.1) is 25.4 Å². The summed E-state index contributed by atoms with van der Waals surface area (Å²) >= 11 is 0. The molecule has 0 radical (unpaired) electrons. The minimum atomic E-state index is -1.62. The molecule has 79 heavy (non-hydrogen) atoms. The van der Waals surface area contributed by atoms with E-state index in [0.717, 1.165) is 64.2 Å². The molecule has 0 aromatic heterocycles. The average molecular weight is 1120 g/mol. The first-order chi connectivity index (χ1) is 38.7. The lowest BCUT2D eigenvalue weighted by atomic mass is 9.99. The number of allylic oxidation sites excluding steroid dienone is 5. The standard InChI is InChI=1S/C68H127NO10/c1-4-7-10-13-16-19-22-24-25-26-27-28-29-30-31-32-33-34-35-36-38-40-43-46-49-52-55-61(72)67(76)69-59(60(71)54-51-48-45-42-39-21-18-15-12-9-6-3)58-77-68-66(65(75)64(74)62(57-70)78-68)79-63(73)56-53-50-47-44-41-37-23-20-17-14-11-8-5-2/h24-25,37,41,51,54,59-62,64-66,68,70-72,74-75H,4-23,26-36,38-40,42-50,52-53,55-58H2,1-3H3,(H,69,76)/b25-24+,41-37-,54-51+. The summed E-state index contributed by atoms with van der Waals surface area (Å²) in [5.41, 5.74) is 0. The van der Waals surface area contributed by atoms with Crippen LogP contribution in [0.25, 0.3) is 0 Å². The Labute approximate surface area is 485 Å². The monoisotopic (exact) mass is 1120 g/mol. The molecule has 1 aliphatic heterocycles. The van der Waals surface area contributed by atoms with Gasteiger partial charge >= 0.3 is 5.97 Å². The lowest BCUT2D eigenvalue weighted by Crippen LogP contribution is -2.61. The molecule has 0 aromatic carbocycles. The van der Waals surface area contributed by atoms with Gasteiger partial charge in [0.2, 0.25) is 5.91 Å². The Morgan fingerprint density at radius 2 is 0.835 bits per heavy atom. The largest absolute Gasteiger partial charge is 0.454 e. The molecule has 464 valence electrons. The van der Waals surface area contributed by atoms with Crippen LogP contribution in [0.1, 0.15) is 323 Å². The quantitative estimate of drug-likeness (QED) is 0.0195. The molecule has 11 nitrogen and oxygen atoms in total. The van der Waals surface area contributed by atoms with Crippen molar-refractivity contribution in [2.24, 2.45) is 0 Å². The second kappa shape index (κ2) is 56.4. The molecule has 0 aromatic rings. The molecule has 1 aliphatic rings. The van der Waals surface area contributed by atoms with Gasteiger partial charge in [-0.1, -0.05) is 276 Å². The minimum Gasteiger partial charge on any atom is -0.454 e. The maximum atomic E-state index is 13.4. The highest BCUT2D eigenvalue weighted by molar-refractivity contribution is 5.80. The molecule has 6 N–H and O–H groups in total. The minimum absolute atomic E-state index is 0.106. The fourth-order valence-corrected chi connectivity index (χ4v) is 10.6. The van der Waals surface area contributed by atoms with Crippen LogP contribution < -0.4 is 5.32 Å². The zero-order valence-electron chi connectivity index (χ0n) is 51.5. The zero-order valence-corrected chi connectivity index (χ0v) is 51.5. The molecule has 8 unspecified atom stereocenters. The van der Waals surface area contributed by atoms with Crippen molar-refractivity contribution in [2.45, 2.75) is 372 Å². The molecule has 1 rings (SSSR count). The number of nitrogens with one attached hydrogen (secondary N) is 1. The number of carbonyl (C=O) groups is 2. The first kappa shape index (κ1) is 74.9. The number of carbonyl (C=O) groups excluding carboxylic acids is 2. The van der Waals surface area contributed by atoms with Gasteiger partial charge in [-0.05, 0) is 77.0 Å². The third kappa shape index (κ3) is 44.1. The Morgan fingerprint density at radius 1 is 0.481 bits per heavy atom. The summed E-state index contributed by atoms with van der Waals surface area (Å²) in [6, 6.07) is -1.02. The molecule has 0 bridgehead atoms. The number of amides is 1. The summed E-state index contributed by atoms with van der Waals surface area (Å²) in [7, 11) is 0. The summed E-state index contributed by atoms with van der Waals surface area (Å²) in [5.74, 6) is -1.20. The van der Waals surface area contributed by atoms with E-state index < -0.39 is 67.4 Å². The third-order valence-corrected chi connectivity index (χ3v) is 16.0. The topological polar surface area (TPSA) is 175 Å². The van der Waals surface area contributed by atoms with Gasteiger partial charge in [0.15, 0.2) is 12.4 Å². The van der Waals surface area contributed by atoms with Crippen molar-refractivity contribution in [2.75, 3.05) is 13.2 Å². The second-order valence-corrected chi connectivity index (χ2v) is 23.6. The second-order valence-electron chi connectivity index (χ2n) is 23.6. The first-order valence-electron chi connectivity index (χ1n) is 33.8. The zero-order chi connectivity index (χ0) is 57.5. The number of unbranched alkanes of at least 4 members (excludes halogenated alkanes) is 40. The van der Waals surface area contributed by atoms with Crippen LogP contribution >= 0.6 is 0 Å². The van der Waals surface area contributed by atoms with E-state index in [1.165, 1.54) is 212 Å². The van der Waals surface area contributed by atoms with Gasteiger partial charge in [-0.3, -0.25) is 9.59 Å². The fourth-order valence-electron chi connectivity index (χ4n) is 10.6. The van der Waals surface area contributed by atoms with E-state index in [0.29, 0.717) is 19.3 Å². The van der Waals surface area contributed by atoms with Crippen molar-refractivity contribution >= 4 is 11.9 Å². The van der Waals surface area contributed by atoms with Gasteiger partial charge in [-0.25, -0.2) is 0 Å². The summed E-state index contributed by atoms with van der Waals surface area (Å²) in [4.78, 5) is 26.5. The van der Waals surface area contributed by atoms with Gasteiger partial charge in [0.25, 0.3) is 0 Å². The molecule has 0 aliphatic carbocycles. The molecule has 1 heterocycles. The van der Waals surface area contributed by atoms with Crippen LogP contribution in [0.4, 0.5) is 0 Å². The SMILES string of the molecule is CCCCCCCC/C=C\CCCCCC(=O)OC1C(OCC(NC(=O)C(O)CCCCCCCCCCCCCCCCCC/C=C/CCCCCCCC)C(O)/C=C/CCCCCCCCCCC)OC(CO)C(O)C1O. The summed E-state index contributed by atoms with van der Waals surface area (Å²) in [6.45, 7) is 5.79. The first-order valence-corrected chi connectivity index (χ1v) is 33.8. The summed E-state index contributed by atoms with van der Waals surface area (Å²) in [5, 5.41) is 57.0. The van der Waals surface area contributed by atoms with E-state index in [-0.39, 0.29) is 13.0 Å². The maximum absolute atomic E-state index is 13.4. The van der Waals surface area contributed by atoms with Crippen LogP contribution in [0.3, 0.4) is 0 Å². The lowest BCUT2D eigenvalue weighted by molar-refractivity contribution is -0.305. The molecular formula is C68H127NO10. The highest BCUT2D eigenvalue weighted by Crippen LogP contribution is 2.26. The van der Waals surface area contributed by atoms with Gasteiger partial charge in [-0.15, -0.1) is 0 Å². The smallest absolute Gasteiger partial charge is 0.306 e. The lowest BCUT2D eigenvalue weighted by Gasteiger charge is -2.41. The number of rotatable bonds is 58. The van der Waals surface area contributed by atoms with Crippen LogP contribution in [0.5, 0.6) is 0 Å². The van der Waals surface area contributed by atoms with Crippen LogP contribution in [0.15, 0.2) is 36.5 Å². The van der Waals surface area contributed by atoms with Crippen molar-refractivity contribution < 1.29 is 49.3 Å². The summed E-state index contributed by atoms with van der Waals surface area (Å²) in [6.07, 6.45) is 57.8. The van der Waals surface area contributed by atoms with E-state index in [1.54, 1.807) is 6.08 Å². The molecule has 1 saturated heterocycles. The number of aliphatic hydroxyl groups is 5. The Morgan fingerprint density at radius 3 is 1.23 bits per heavy atom. The van der Waals surface area contributed by atoms with E-state index >= 15 is 0 Å². The van der Waals surface area contributed by atoms with E-state index in [1.807, 2.05) is 6.08 Å². The normalized spacial score (nSPS) is 19.0. The number of aliphatic hydroxyl groups excluding tert-OH is 5. The van der Waals surface area contributed by atoms with Crippen LogP contribution in [-0.2, 0) is 23.8 Å². The number of ether oxygens (including phenoxy) is 3. The van der Waals surface area contributed by atoms with E-state index in [4.69, 9.17) is 14.2 Å². The average Bonchev–Trinajstić information content (AvgIpc) is 3.47. The molecule has 8 atom stereocenters. The van der Waals surface area contributed by atoms with Crippen molar-refractivity contribution in [3.63, 3.8) is 0 Å². The Bertz CT molecular complexity index is 1420. The molecule has 0 spiro atoms. The number of hydrogen-bond acceptors (Lipinski definition) is 10. The Kier molecular flexibility index (Phi) is 53.4. The molecule has 11 heteroatoms. The van der Waals surface area contributed by atoms with Gasteiger partial charge in [0, 0.05) is 6.42 Å². The van der Waals surface area contributed by atoms with E-state index in [9.17, 15) is 35.1 Å². The summed E-state index contributed by atoms with van der Waals surface area (Å²) < 4.78 is 17.6. The highest BCUT2D eigenvalue weighted by atomic mass is 16.7. The van der Waals surface area contributed by atoms with Crippen molar-refractivity contribution in [3.05, 3.63) is 36.5 Å². The predicted molar refractivity (Wildman–Crippen MR) is 329 cm³/mol. The fraction of sp³-hybridized carbons (Fsp3) is 0.882. The van der Waals surface area contributed by atoms with Crippen molar-refractivity contribution in [3.8, 4) is 0 Å². The Balaban J connectivity index is 2.54. The van der Waals surface area contributed by atoms with Crippen LogP contribution in [0, 0.1) is 0 Å². The number of hydrogen-bond donors (Lipinski definition) is 6. The van der Waals surface area contributed by atoms with Gasteiger partial charge < -0.3 is 45.1 Å². The maximum Gasteiger partial charge on any atom is 0.306 e. The van der Waals surface area contributed by atoms with Gasteiger partial charge in [-0.2, -0.15) is 0 Å². The van der Waals surface area contributed by atoms with Gasteiger partial charge in [0.1, 0.15) is 24.4 Å². The molecule has 0 saturated carbocycles. The van der Waals surface area contributed by atoms with Crippen LogP contribution in [0.2, 0.25) is 0 Å².